The van der Waals surface area contributed by atoms with Crippen molar-refractivity contribution in [1.29, 1.82) is 0 Å². The van der Waals surface area contributed by atoms with Crippen molar-refractivity contribution in [3.63, 3.8) is 0 Å². The van der Waals surface area contributed by atoms with Crippen LogP contribution >= 0.6 is 27.3 Å². The molecule has 0 saturated heterocycles. The van der Waals surface area contributed by atoms with E-state index in [4.69, 9.17) is 0 Å². The highest BCUT2D eigenvalue weighted by Gasteiger charge is 2.03. The maximum absolute atomic E-state index is 11.3. The minimum Gasteiger partial charge on any atom is -0.353 e. The number of carbonyl (C=O) groups is 1. The Kier molecular flexibility index (Phi) is 5.28. The van der Waals surface area contributed by atoms with Crippen LogP contribution in [0, 0.1) is 0 Å². The standard InChI is InChI=1S/C10H15BrN2OS/c1-7(2)13-10(14)5-12-4-9-3-8(11)6-15-9/h3,6-7,12H,4-5H2,1-2H3,(H,13,14). The van der Waals surface area contributed by atoms with Crippen LogP contribution < -0.4 is 10.6 Å². The van der Waals surface area contributed by atoms with Gasteiger partial charge in [-0.25, -0.2) is 0 Å². The Morgan fingerprint density at radius 3 is 2.87 bits per heavy atom. The highest BCUT2D eigenvalue weighted by molar-refractivity contribution is 9.10. The van der Waals surface area contributed by atoms with Crippen LogP contribution in [0.1, 0.15) is 18.7 Å². The normalized spacial score (nSPS) is 10.7. The monoisotopic (exact) mass is 290 g/mol. The zero-order chi connectivity index (χ0) is 11.3. The van der Waals surface area contributed by atoms with Crippen LogP contribution in [-0.2, 0) is 11.3 Å². The van der Waals surface area contributed by atoms with Gasteiger partial charge in [0.25, 0.3) is 0 Å². The quantitative estimate of drug-likeness (QED) is 0.872. The van der Waals surface area contributed by atoms with Crippen LogP contribution in [0.25, 0.3) is 0 Å². The van der Waals surface area contributed by atoms with E-state index in [1.54, 1.807) is 11.3 Å². The lowest BCUT2D eigenvalue weighted by Crippen LogP contribution is -2.37. The minimum absolute atomic E-state index is 0.0422. The molecule has 1 aromatic rings. The maximum Gasteiger partial charge on any atom is 0.234 e. The van der Waals surface area contributed by atoms with Gasteiger partial charge in [-0.2, -0.15) is 0 Å². The second-order valence-electron chi connectivity index (χ2n) is 3.56. The van der Waals surface area contributed by atoms with E-state index in [9.17, 15) is 4.79 Å². The fraction of sp³-hybridized carbons (Fsp3) is 0.500. The zero-order valence-corrected chi connectivity index (χ0v) is 11.2. The van der Waals surface area contributed by atoms with E-state index in [-0.39, 0.29) is 11.9 Å². The highest BCUT2D eigenvalue weighted by Crippen LogP contribution is 2.19. The predicted octanol–water partition coefficient (Wildman–Crippen LogP) is 2.12. The summed E-state index contributed by atoms with van der Waals surface area (Å²) in [6, 6.07) is 2.26. The number of rotatable bonds is 5. The summed E-state index contributed by atoms with van der Waals surface area (Å²) in [6.45, 7) is 5.01. The van der Waals surface area contributed by atoms with E-state index in [1.807, 2.05) is 19.2 Å². The van der Waals surface area contributed by atoms with Crippen molar-refractivity contribution in [3.05, 3.63) is 20.8 Å². The van der Waals surface area contributed by atoms with Crippen molar-refractivity contribution in [2.75, 3.05) is 6.54 Å². The first-order valence-electron chi connectivity index (χ1n) is 4.81. The zero-order valence-electron chi connectivity index (χ0n) is 8.84. The Morgan fingerprint density at radius 2 is 2.33 bits per heavy atom. The molecule has 2 N–H and O–H groups in total. The first kappa shape index (κ1) is 12.7. The molecule has 1 heterocycles. The summed E-state index contributed by atoms with van der Waals surface area (Å²) in [4.78, 5) is 12.5. The van der Waals surface area contributed by atoms with Gasteiger partial charge in [0.05, 0.1) is 6.54 Å². The van der Waals surface area contributed by atoms with Crippen molar-refractivity contribution in [2.24, 2.45) is 0 Å². The van der Waals surface area contributed by atoms with Gasteiger partial charge >= 0.3 is 0 Å². The Labute approximate surface area is 102 Å². The van der Waals surface area contributed by atoms with Crippen molar-refractivity contribution in [1.82, 2.24) is 10.6 Å². The van der Waals surface area contributed by atoms with Crippen molar-refractivity contribution in [2.45, 2.75) is 26.4 Å². The van der Waals surface area contributed by atoms with Crippen LogP contribution in [-0.4, -0.2) is 18.5 Å². The average molecular weight is 291 g/mol. The molecule has 0 radical (unpaired) electrons. The third-order valence-corrected chi connectivity index (χ3v) is 3.35. The van der Waals surface area contributed by atoms with Gasteiger partial charge in [0.1, 0.15) is 0 Å². The second kappa shape index (κ2) is 6.25. The topological polar surface area (TPSA) is 41.1 Å². The van der Waals surface area contributed by atoms with Crippen molar-refractivity contribution in [3.8, 4) is 0 Å². The van der Waals surface area contributed by atoms with E-state index < -0.39 is 0 Å². The van der Waals surface area contributed by atoms with Crippen LogP contribution in [0.15, 0.2) is 15.9 Å². The fourth-order valence-corrected chi connectivity index (χ4v) is 2.54. The molecule has 1 rings (SSSR count). The molecule has 0 bridgehead atoms. The van der Waals surface area contributed by atoms with Crippen LogP contribution in [0.2, 0.25) is 0 Å². The summed E-state index contributed by atoms with van der Waals surface area (Å²) in [5, 5.41) is 7.96. The first-order valence-corrected chi connectivity index (χ1v) is 6.48. The summed E-state index contributed by atoms with van der Waals surface area (Å²) in [7, 11) is 0. The molecule has 1 amide bonds. The van der Waals surface area contributed by atoms with Gasteiger partial charge in [-0.3, -0.25) is 4.79 Å². The molecule has 0 aliphatic carbocycles. The molecule has 0 aliphatic heterocycles. The van der Waals surface area contributed by atoms with Crippen LogP contribution in [0.3, 0.4) is 0 Å². The summed E-state index contributed by atoms with van der Waals surface area (Å²) in [5.41, 5.74) is 0. The molecule has 0 spiro atoms. The first-order chi connectivity index (χ1) is 7.08. The lowest BCUT2D eigenvalue weighted by molar-refractivity contribution is -0.120. The summed E-state index contributed by atoms with van der Waals surface area (Å²) in [6.07, 6.45) is 0. The fourth-order valence-electron chi connectivity index (χ4n) is 1.12. The third-order valence-electron chi connectivity index (χ3n) is 1.66. The lowest BCUT2D eigenvalue weighted by atomic mass is 10.4. The van der Waals surface area contributed by atoms with Gasteiger partial charge in [-0.1, -0.05) is 0 Å². The van der Waals surface area contributed by atoms with Gasteiger partial charge in [0.15, 0.2) is 0 Å². The number of carbonyl (C=O) groups excluding carboxylic acids is 1. The van der Waals surface area contributed by atoms with Gasteiger partial charge in [0, 0.05) is 27.3 Å². The SMILES string of the molecule is CC(C)NC(=O)CNCc1cc(Br)cs1. The van der Waals surface area contributed by atoms with Gasteiger partial charge < -0.3 is 10.6 Å². The molecule has 84 valence electrons. The summed E-state index contributed by atoms with van der Waals surface area (Å²) in [5.74, 6) is 0.0422. The van der Waals surface area contributed by atoms with Gasteiger partial charge in [0.2, 0.25) is 5.91 Å². The molecule has 0 aromatic carbocycles. The molecule has 0 aliphatic rings. The Hall–Kier alpha value is -0.390. The van der Waals surface area contributed by atoms with Gasteiger partial charge in [-0.05, 0) is 35.8 Å². The van der Waals surface area contributed by atoms with Crippen molar-refractivity contribution >= 4 is 33.2 Å². The molecule has 0 fully saturated rings. The maximum atomic E-state index is 11.3. The number of thiophene rings is 1. The molecular formula is C10H15BrN2OS. The van der Waals surface area contributed by atoms with E-state index in [2.05, 4.69) is 32.6 Å². The largest absolute Gasteiger partial charge is 0.353 e. The minimum atomic E-state index is 0.0422. The van der Waals surface area contributed by atoms with Crippen LogP contribution in [0.4, 0.5) is 0 Å². The molecule has 15 heavy (non-hydrogen) atoms. The van der Waals surface area contributed by atoms with E-state index in [1.165, 1.54) is 4.88 Å². The number of nitrogens with one attached hydrogen (secondary N) is 2. The van der Waals surface area contributed by atoms with Crippen molar-refractivity contribution < 1.29 is 4.79 Å². The smallest absolute Gasteiger partial charge is 0.234 e. The van der Waals surface area contributed by atoms with Crippen LogP contribution in [0.5, 0.6) is 0 Å². The molecular weight excluding hydrogens is 276 g/mol. The number of halogens is 1. The lowest BCUT2D eigenvalue weighted by Gasteiger charge is -2.08. The summed E-state index contributed by atoms with van der Waals surface area (Å²) < 4.78 is 1.09. The van der Waals surface area contributed by atoms with E-state index in [0.29, 0.717) is 6.54 Å². The molecule has 3 nitrogen and oxygen atoms in total. The summed E-state index contributed by atoms with van der Waals surface area (Å²) >= 11 is 5.06. The third kappa shape index (κ3) is 5.30. The molecule has 0 unspecified atom stereocenters. The van der Waals surface area contributed by atoms with Gasteiger partial charge in [-0.15, -0.1) is 11.3 Å². The average Bonchev–Trinajstić information content (AvgIpc) is 2.50. The molecule has 0 saturated carbocycles. The van der Waals surface area contributed by atoms with E-state index >= 15 is 0 Å². The number of hydrogen-bond donors (Lipinski definition) is 2. The second-order valence-corrected chi connectivity index (χ2v) is 5.47. The Morgan fingerprint density at radius 1 is 1.60 bits per heavy atom. The highest BCUT2D eigenvalue weighted by atomic mass is 79.9. The molecule has 0 atom stereocenters. The number of hydrogen-bond acceptors (Lipinski definition) is 3. The Bertz CT molecular complexity index is 325. The predicted molar refractivity (Wildman–Crippen MR) is 67.0 cm³/mol. The molecule has 1 aromatic heterocycles. The molecule has 5 heteroatoms. The number of amides is 1. The Balaban J connectivity index is 2.19. The van der Waals surface area contributed by atoms with E-state index in [0.717, 1.165) is 11.0 Å².